The van der Waals surface area contributed by atoms with Crippen LogP contribution >= 0.6 is 0 Å². The summed E-state index contributed by atoms with van der Waals surface area (Å²) in [6.07, 6.45) is 0. The summed E-state index contributed by atoms with van der Waals surface area (Å²) in [5.41, 5.74) is 18.1. The smallest absolute Gasteiger partial charge is 0.143 e. The first-order valence-corrected chi connectivity index (χ1v) is 19.0. The van der Waals surface area contributed by atoms with Gasteiger partial charge < -0.3 is 9.32 Å². The van der Waals surface area contributed by atoms with Gasteiger partial charge in [0.2, 0.25) is 0 Å². The van der Waals surface area contributed by atoms with E-state index in [1.54, 1.807) is 0 Å². The standard InChI is InChI=1S/C52H39NO/c1-51(2)44-20-12-10-18-38(44)40-25-22-33(29-46(40)51)49-37-17-9-8-14-32(37)28-43-42-30-35(24-27-48(42)54-50(43)49)53(34-15-6-5-7-16-34)36-23-26-41-39-19-11-13-21-45(39)52(3,4)47(41)31-36/h5-31H,1-4H3. The molecule has 0 atom stereocenters. The van der Waals surface area contributed by atoms with Crippen LogP contribution in [0.25, 0.3) is 66.1 Å². The third-order valence-corrected chi connectivity index (χ3v) is 12.4. The van der Waals surface area contributed by atoms with Crippen molar-refractivity contribution in [2.45, 2.75) is 38.5 Å². The summed E-state index contributed by atoms with van der Waals surface area (Å²) in [4.78, 5) is 2.39. The summed E-state index contributed by atoms with van der Waals surface area (Å²) >= 11 is 0. The average molecular weight is 694 g/mol. The van der Waals surface area contributed by atoms with Crippen molar-refractivity contribution in [3.05, 3.63) is 186 Å². The molecule has 0 unspecified atom stereocenters. The van der Waals surface area contributed by atoms with E-state index in [1.165, 1.54) is 60.8 Å². The minimum absolute atomic E-state index is 0.0924. The molecule has 1 aromatic heterocycles. The van der Waals surface area contributed by atoms with Gasteiger partial charge in [0.1, 0.15) is 11.2 Å². The fourth-order valence-corrected chi connectivity index (χ4v) is 9.70. The SMILES string of the molecule is CC1(C)c2ccccc2-c2ccc(-c3c4ccccc4cc4c3oc3ccc(N(c5ccccc5)c5ccc6c(c5)C(C)(C)c5ccccc5-6)cc34)cc21. The molecule has 11 rings (SSSR count). The number of para-hydroxylation sites is 1. The Labute approximate surface area is 315 Å². The van der Waals surface area contributed by atoms with E-state index in [0.29, 0.717) is 0 Å². The molecule has 2 aliphatic carbocycles. The molecule has 0 amide bonds. The highest BCUT2D eigenvalue weighted by molar-refractivity contribution is 6.19. The number of hydrogen-bond acceptors (Lipinski definition) is 2. The number of rotatable bonds is 4. The van der Waals surface area contributed by atoms with E-state index >= 15 is 0 Å². The van der Waals surface area contributed by atoms with Gasteiger partial charge in [-0.1, -0.05) is 137 Å². The lowest BCUT2D eigenvalue weighted by molar-refractivity contribution is 0.660. The minimum atomic E-state index is -0.0952. The van der Waals surface area contributed by atoms with E-state index in [2.05, 4.69) is 196 Å². The lowest BCUT2D eigenvalue weighted by atomic mass is 9.81. The maximum absolute atomic E-state index is 6.93. The second-order valence-electron chi connectivity index (χ2n) is 16.1. The number of furan rings is 1. The number of hydrogen-bond donors (Lipinski definition) is 0. The maximum Gasteiger partial charge on any atom is 0.143 e. The van der Waals surface area contributed by atoms with Gasteiger partial charge in [-0.25, -0.2) is 0 Å². The third kappa shape index (κ3) is 4.28. The summed E-state index contributed by atoms with van der Waals surface area (Å²) in [5, 5.41) is 4.64. The zero-order valence-electron chi connectivity index (χ0n) is 30.9. The summed E-state index contributed by atoms with van der Waals surface area (Å²) < 4.78 is 6.93. The van der Waals surface area contributed by atoms with Crippen LogP contribution in [0.1, 0.15) is 49.9 Å². The molecule has 0 saturated carbocycles. The molecule has 8 aromatic carbocycles. The molecule has 54 heavy (non-hydrogen) atoms. The Morgan fingerprint density at radius 3 is 1.72 bits per heavy atom. The summed E-state index contributed by atoms with van der Waals surface area (Å²) in [6.45, 7) is 9.39. The lowest BCUT2D eigenvalue weighted by Crippen LogP contribution is -2.16. The Balaban J connectivity index is 1.11. The van der Waals surface area contributed by atoms with E-state index in [-0.39, 0.29) is 10.8 Å². The van der Waals surface area contributed by atoms with E-state index < -0.39 is 0 Å². The predicted octanol–water partition coefficient (Wildman–Crippen LogP) is 14.5. The van der Waals surface area contributed by atoms with Crippen molar-refractivity contribution in [2.75, 3.05) is 4.90 Å². The second kappa shape index (κ2) is 11.1. The Hall–Kier alpha value is -6.38. The molecular formula is C52H39NO. The second-order valence-corrected chi connectivity index (χ2v) is 16.1. The fourth-order valence-electron chi connectivity index (χ4n) is 9.70. The third-order valence-electron chi connectivity index (χ3n) is 12.4. The van der Waals surface area contributed by atoms with Crippen LogP contribution in [-0.4, -0.2) is 0 Å². The molecule has 0 spiro atoms. The molecule has 2 aliphatic rings. The highest BCUT2D eigenvalue weighted by Gasteiger charge is 2.37. The Kier molecular flexibility index (Phi) is 6.39. The van der Waals surface area contributed by atoms with Crippen LogP contribution < -0.4 is 4.90 Å². The quantitative estimate of drug-likeness (QED) is 0.182. The van der Waals surface area contributed by atoms with Gasteiger partial charge in [-0.3, -0.25) is 0 Å². The van der Waals surface area contributed by atoms with Crippen molar-refractivity contribution < 1.29 is 4.42 Å². The van der Waals surface area contributed by atoms with Crippen LogP contribution in [0.3, 0.4) is 0 Å². The van der Waals surface area contributed by atoms with E-state index in [4.69, 9.17) is 4.42 Å². The maximum atomic E-state index is 6.93. The molecule has 0 bridgehead atoms. The fraction of sp³-hybridized carbons (Fsp3) is 0.115. The molecule has 0 radical (unpaired) electrons. The van der Waals surface area contributed by atoms with Gasteiger partial charge in [0.25, 0.3) is 0 Å². The van der Waals surface area contributed by atoms with Crippen LogP contribution in [0.15, 0.2) is 168 Å². The Morgan fingerprint density at radius 1 is 0.407 bits per heavy atom. The van der Waals surface area contributed by atoms with Crippen molar-refractivity contribution in [1.29, 1.82) is 0 Å². The van der Waals surface area contributed by atoms with Crippen molar-refractivity contribution in [2.24, 2.45) is 0 Å². The molecule has 0 aliphatic heterocycles. The monoisotopic (exact) mass is 693 g/mol. The molecule has 0 fully saturated rings. The normalized spacial score (nSPS) is 14.6. The number of benzene rings is 8. The van der Waals surface area contributed by atoms with Gasteiger partial charge in [0, 0.05) is 44.2 Å². The van der Waals surface area contributed by atoms with Crippen molar-refractivity contribution in [1.82, 2.24) is 0 Å². The van der Waals surface area contributed by atoms with Crippen LogP contribution in [0.5, 0.6) is 0 Å². The van der Waals surface area contributed by atoms with Gasteiger partial charge in [-0.05, 0) is 115 Å². The topological polar surface area (TPSA) is 16.4 Å². The van der Waals surface area contributed by atoms with Crippen LogP contribution in [-0.2, 0) is 10.8 Å². The molecule has 9 aromatic rings. The Bertz CT molecular complexity index is 3000. The zero-order chi connectivity index (χ0) is 36.3. The average Bonchev–Trinajstić information content (AvgIpc) is 3.76. The number of anilines is 3. The molecule has 258 valence electrons. The molecular weight excluding hydrogens is 655 g/mol. The van der Waals surface area contributed by atoms with Gasteiger partial charge in [-0.2, -0.15) is 0 Å². The van der Waals surface area contributed by atoms with Gasteiger partial charge >= 0.3 is 0 Å². The highest BCUT2D eigenvalue weighted by Crippen LogP contribution is 2.53. The highest BCUT2D eigenvalue weighted by atomic mass is 16.3. The first kappa shape index (κ1) is 31.2. The summed E-state index contributed by atoms with van der Waals surface area (Å²) in [6, 6.07) is 60.2. The summed E-state index contributed by atoms with van der Waals surface area (Å²) in [7, 11) is 0. The van der Waals surface area contributed by atoms with Gasteiger partial charge in [0.05, 0.1) is 0 Å². The number of nitrogens with zero attached hydrogens (tertiary/aromatic N) is 1. The van der Waals surface area contributed by atoms with E-state index in [1.807, 2.05) is 0 Å². The molecule has 0 N–H and O–H groups in total. The molecule has 0 saturated heterocycles. The number of fused-ring (bicyclic) bond motifs is 10. The van der Waals surface area contributed by atoms with Crippen LogP contribution in [0, 0.1) is 0 Å². The Morgan fingerprint density at radius 2 is 0.981 bits per heavy atom. The van der Waals surface area contributed by atoms with Gasteiger partial charge in [-0.15, -0.1) is 0 Å². The first-order chi connectivity index (χ1) is 26.3. The van der Waals surface area contributed by atoms with E-state index in [9.17, 15) is 0 Å². The predicted molar refractivity (Wildman–Crippen MR) is 226 cm³/mol. The van der Waals surface area contributed by atoms with E-state index in [0.717, 1.165) is 44.6 Å². The van der Waals surface area contributed by atoms with Gasteiger partial charge in [0.15, 0.2) is 0 Å². The van der Waals surface area contributed by atoms with Crippen LogP contribution in [0.4, 0.5) is 17.1 Å². The molecule has 1 heterocycles. The lowest BCUT2D eigenvalue weighted by Gasteiger charge is -2.28. The largest absolute Gasteiger partial charge is 0.455 e. The molecule has 2 heteroatoms. The summed E-state index contributed by atoms with van der Waals surface area (Å²) in [5.74, 6) is 0. The van der Waals surface area contributed by atoms with Crippen molar-refractivity contribution in [3.8, 4) is 33.4 Å². The first-order valence-electron chi connectivity index (χ1n) is 19.0. The molecule has 2 nitrogen and oxygen atoms in total. The van der Waals surface area contributed by atoms with Crippen molar-refractivity contribution >= 4 is 49.8 Å². The minimum Gasteiger partial charge on any atom is -0.455 e. The zero-order valence-corrected chi connectivity index (χ0v) is 30.9. The van der Waals surface area contributed by atoms with Crippen molar-refractivity contribution in [3.63, 3.8) is 0 Å². The van der Waals surface area contributed by atoms with Crippen LogP contribution in [0.2, 0.25) is 0 Å².